The Labute approximate surface area is 312 Å². The van der Waals surface area contributed by atoms with E-state index in [0.717, 1.165) is 44.3 Å². The number of ether oxygens (including phenoxy) is 3. The van der Waals surface area contributed by atoms with Crippen LogP contribution in [-0.2, 0) is 17.7 Å². The number of fused-ring (bicyclic) bond motifs is 3. The van der Waals surface area contributed by atoms with Crippen LogP contribution in [-0.4, -0.2) is 66.5 Å². The Balaban J connectivity index is 1.28. The number of rotatable bonds is 13. The molecule has 1 aliphatic carbocycles. The SMILES string of the molecule is COc1ccc([C@H](Cc2c(Cl)c[n+]([O-])cc2Cl)c2cc(CN(C(=O)O[C@H]3CN4CCC3CC4)c3ccccn3)ccc2C(=O)O)cc1OCC1CC1. The van der Waals surface area contributed by atoms with Gasteiger partial charge in [0.05, 0.1) is 25.8 Å². The van der Waals surface area contributed by atoms with E-state index in [2.05, 4.69) is 9.88 Å². The van der Waals surface area contributed by atoms with Gasteiger partial charge in [-0.15, -0.1) is 0 Å². The van der Waals surface area contributed by atoms with Gasteiger partial charge in [0.25, 0.3) is 0 Å². The van der Waals surface area contributed by atoms with Gasteiger partial charge in [0.15, 0.2) is 23.9 Å². The van der Waals surface area contributed by atoms with Crippen molar-refractivity contribution in [3.8, 4) is 11.5 Å². The number of benzene rings is 2. The summed E-state index contributed by atoms with van der Waals surface area (Å²) in [5.74, 6) is 0.541. The minimum Gasteiger partial charge on any atom is -0.619 e. The van der Waals surface area contributed by atoms with Crippen LogP contribution in [0.25, 0.3) is 0 Å². The summed E-state index contributed by atoms with van der Waals surface area (Å²) in [6.07, 6.45) is 7.68. The first-order chi connectivity index (χ1) is 25.2. The molecule has 3 aliphatic heterocycles. The highest BCUT2D eigenvalue weighted by atomic mass is 35.5. The van der Waals surface area contributed by atoms with Crippen molar-refractivity contribution < 1.29 is 33.6 Å². The average molecular weight is 748 g/mol. The number of nitrogens with zero attached hydrogens (tertiary/aromatic N) is 4. The van der Waals surface area contributed by atoms with E-state index in [0.29, 0.717) is 63.7 Å². The molecule has 4 fully saturated rings. The number of methoxy groups -OCH3 is 1. The lowest BCUT2D eigenvalue weighted by molar-refractivity contribution is -0.605. The summed E-state index contributed by atoms with van der Waals surface area (Å²) in [7, 11) is 1.57. The molecular formula is C39H40Cl2N4O7. The van der Waals surface area contributed by atoms with Gasteiger partial charge in [0, 0.05) is 24.2 Å². The number of piperidine rings is 3. The molecule has 8 rings (SSSR count). The second-order valence-corrected chi connectivity index (χ2v) is 14.6. The molecule has 11 nitrogen and oxygen atoms in total. The molecule has 2 atom stereocenters. The van der Waals surface area contributed by atoms with Crippen LogP contribution in [0.3, 0.4) is 0 Å². The van der Waals surface area contributed by atoms with Crippen LogP contribution < -0.4 is 19.1 Å². The molecule has 1 N–H and O–H groups in total. The van der Waals surface area contributed by atoms with Crippen molar-refractivity contribution in [3.63, 3.8) is 0 Å². The number of anilines is 1. The maximum Gasteiger partial charge on any atom is 0.416 e. The number of hydrogen-bond donors (Lipinski definition) is 1. The van der Waals surface area contributed by atoms with Crippen LogP contribution in [0.5, 0.6) is 11.5 Å². The summed E-state index contributed by atoms with van der Waals surface area (Å²) in [5.41, 5.74) is 2.38. The third-order valence-electron chi connectivity index (χ3n) is 10.3. The van der Waals surface area contributed by atoms with Gasteiger partial charge in [-0.05, 0) is 104 Å². The highest BCUT2D eigenvalue weighted by molar-refractivity contribution is 6.35. The van der Waals surface area contributed by atoms with Crippen molar-refractivity contribution >= 4 is 41.1 Å². The molecule has 13 heteroatoms. The van der Waals surface area contributed by atoms with E-state index in [-0.39, 0.29) is 34.7 Å². The fraction of sp³-hybridized carbons (Fsp3) is 0.385. The van der Waals surface area contributed by atoms with E-state index in [1.54, 1.807) is 55.8 Å². The second-order valence-electron chi connectivity index (χ2n) is 13.8. The number of carbonyl (C=O) groups is 2. The van der Waals surface area contributed by atoms with Gasteiger partial charge in [-0.1, -0.05) is 47.5 Å². The largest absolute Gasteiger partial charge is 0.619 e. The Morgan fingerprint density at radius 1 is 1.04 bits per heavy atom. The number of aromatic carboxylic acids is 1. The molecular weight excluding hydrogens is 707 g/mol. The summed E-state index contributed by atoms with van der Waals surface area (Å²) in [6, 6.07) is 15.9. The van der Waals surface area contributed by atoms with Crippen molar-refractivity contribution in [3.05, 3.63) is 116 Å². The molecule has 1 saturated carbocycles. The number of halogens is 2. The summed E-state index contributed by atoms with van der Waals surface area (Å²) in [6.45, 7) is 3.34. The molecule has 0 spiro atoms. The molecule has 0 unspecified atom stereocenters. The van der Waals surface area contributed by atoms with Gasteiger partial charge in [-0.25, -0.2) is 14.6 Å². The highest BCUT2D eigenvalue weighted by Gasteiger charge is 2.38. The zero-order valence-electron chi connectivity index (χ0n) is 28.8. The van der Waals surface area contributed by atoms with Crippen molar-refractivity contribution in [2.75, 3.05) is 38.3 Å². The van der Waals surface area contributed by atoms with Crippen LogP contribution in [0.15, 0.2) is 73.2 Å². The summed E-state index contributed by atoms with van der Waals surface area (Å²) in [5, 5.41) is 22.9. The van der Waals surface area contributed by atoms with Crippen LogP contribution in [0, 0.1) is 17.0 Å². The Kier molecular flexibility index (Phi) is 10.7. The standard InChI is InChI=1S/C39H40Cl2N4O7/c1-50-34-10-8-27(17-35(34)51-23-24-5-6-24)29(18-31-32(40)20-44(49)21-33(31)41)30-16-25(7-9-28(30)38(46)47)19-45(37-4-2-3-13-42-37)39(48)52-36-22-43-14-11-26(36)12-15-43/h2-4,7-10,13,16-17,20-21,24,26,29,36H,5-6,11-12,14-15,18-19,22-23H2,1H3,(H,46,47)/t29-,36-/m0/s1. The number of amides is 1. The van der Waals surface area contributed by atoms with Gasteiger partial charge in [0.2, 0.25) is 0 Å². The number of hydrogen-bond acceptors (Lipinski definition) is 8. The minimum absolute atomic E-state index is 0.0614. The van der Waals surface area contributed by atoms with E-state index in [9.17, 15) is 19.9 Å². The number of carboxylic acid groups (broad SMARTS) is 1. The smallest absolute Gasteiger partial charge is 0.416 e. The lowest BCUT2D eigenvalue weighted by Gasteiger charge is -2.44. The molecule has 2 aromatic heterocycles. The van der Waals surface area contributed by atoms with Crippen molar-refractivity contribution in [2.24, 2.45) is 11.8 Å². The Morgan fingerprint density at radius 2 is 1.81 bits per heavy atom. The molecule has 1 amide bonds. The quantitative estimate of drug-likeness (QED) is 0.112. The third-order valence-corrected chi connectivity index (χ3v) is 10.9. The van der Waals surface area contributed by atoms with E-state index in [1.165, 1.54) is 17.3 Å². The monoisotopic (exact) mass is 746 g/mol. The average Bonchev–Trinajstić information content (AvgIpc) is 3.98. The molecule has 5 heterocycles. The third kappa shape index (κ3) is 8.06. The zero-order valence-corrected chi connectivity index (χ0v) is 30.3. The summed E-state index contributed by atoms with van der Waals surface area (Å²) in [4.78, 5) is 35.1. The number of pyridine rings is 2. The summed E-state index contributed by atoms with van der Waals surface area (Å²) >= 11 is 13.2. The first-order valence-electron chi connectivity index (χ1n) is 17.5. The zero-order chi connectivity index (χ0) is 36.4. The van der Waals surface area contributed by atoms with Crippen LogP contribution in [0.1, 0.15) is 64.2 Å². The Hall–Kier alpha value is -4.58. The van der Waals surface area contributed by atoms with E-state index in [4.69, 9.17) is 37.4 Å². The minimum atomic E-state index is -1.13. The first-order valence-corrected chi connectivity index (χ1v) is 18.3. The summed E-state index contributed by atoms with van der Waals surface area (Å²) < 4.78 is 18.5. The predicted octanol–water partition coefficient (Wildman–Crippen LogP) is 7.13. The highest BCUT2D eigenvalue weighted by Crippen LogP contribution is 2.40. The maximum absolute atomic E-state index is 13.9. The first kappa shape index (κ1) is 35.8. The molecule has 52 heavy (non-hydrogen) atoms. The van der Waals surface area contributed by atoms with Gasteiger partial charge < -0.3 is 24.5 Å². The maximum atomic E-state index is 13.9. The van der Waals surface area contributed by atoms with Crippen molar-refractivity contribution in [2.45, 2.75) is 50.7 Å². The van der Waals surface area contributed by atoms with Crippen molar-refractivity contribution in [1.82, 2.24) is 9.88 Å². The van der Waals surface area contributed by atoms with Crippen LogP contribution in [0.4, 0.5) is 10.6 Å². The topological polar surface area (TPSA) is 128 Å². The molecule has 272 valence electrons. The second kappa shape index (κ2) is 15.6. The fourth-order valence-electron chi connectivity index (χ4n) is 7.22. The fourth-order valence-corrected chi connectivity index (χ4v) is 7.82. The number of carbonyl (C=O) groups excluding carboxylic acids is 1. The van der Waals surface area contributed by atoms with E-state index in [1.807, 2.05) is 12.1 Å². The lowest BCUT2D eigenvalue weighted by Crippen LogP contribution is -2.53. The van der Waals surface area contributed by atoms with Crippen LogP contribution in [0.2, 0.25) is 10.0 Å². The number of aromatic nitrogens is 2. The molecule has 0 radical (unpaired) electrons. The van der Waals surface area contributed by atoms with Gasteiger partial charge in [-0.3, -0.25) is 9.80 Å². The normalized spacial score (nSPS) is 19.9. The molecule has 4 aliphatic rings. The lowest BCUT2D eigenvalue weighted by atomic mass is 9.82. The van der Waals surface area contributed by atoms with Crippen LogP contribution >= 0.6 is 23.2 Å². The molecule has 4 aromatic rings. The van der Waals surface area contributed by atoms with E-state index >= 15 is 0 Å². The van der Waals surface area contributed by atoms with Gasteiger partial charge in [-0.2, -0.15) is 4.73 Å². The Bertz CT molecular complexity index is 1910. The van der Waals surface area contributed by atoms with E-state index < -0.39 is 18.0 Å². The molecule has 2 aromatic carbocycles. The number of carboxylic acids is 1. The van der Waals surface area contributed by atoms with Crippen molar-refractivity contribution in [1.29, 1.82) is 0 Å². The Morgan fingerprint density at radius 3 is 2.44 bits per heavy atom. The molecule has 2 bridgehead atoms. The van der Waals surface area contributed by atoms with Gasteiger partial charge in [0.1, 0.15) is 22.0 Å². The van der Waals surface area contributed by atoms with Gasteiger partial charge >= 0.3 is 12.1 Å². The molecule has 3 saturated heterocycles. The predicted molar refractivity (Wildman–Crippen MR) is 195 cm³/mol.